The largest absolute Gasteiger partial charge is 0.321 e. The summed E-state index contributed by atoms with van der Waals surface area (Å²) in [5, 5.41) is 6.27. The molecule has 2 heterocycles. The maximum absolute atomic E-state index is 13.0. The Labute approximate surface area is 184 Å². The fraction of sp³-hybridized carbons (Fsp3) is 0.400. The van der Waals surface area contributed by atoms with Crippen LogP contribution in [0.3, 0.4) is 0 Å². The first-order valence-electron chi connectivity index (χ1n) is 9.86. The van der Waals surface area contributed by atoms with Gasteiger partial charge < -0.3 is 10.6 Å². The summed E-state index contributed by atoms with van der Waals surface area (Å²) in [5.41, 5.74) is 0.344. The molecule has 2 N–H and O–H groups in total. The van der Waals surface area contributed by atoms with Crippen molar-refractivity contribution in [1.82, 2.24) is 4.31 Å². The van der Waals surface area contributed by atoms with Crippen molar-refractivity contribution in [1.29, 1.82) is 0 Å². The molecule has 30 heavy (non-hydrogen) atoms. The van der Waals surface area contributed by atoms with Gasteiger partial charge in [0, 0.05) is 24.7 Å². The highest BCUT2D eigenvalue weighted by atomic mass is 35.5. The lowest BCUT2D eigenvalue weighted by Crippen LogP contribution is -2.35. The molecule has 10 heteroatoms. The normalized spacial score (nSPS) is 17.5. The molecule has 160 valence electrons. The lowest BCUT2D eigenvalue weighted by Gasteiger charge is -2.26. The number of rotatable bonds is 6. The van der Waals surface area contributed by atoms with Crippen molar-refractivity contribution in [2.45, 2.75) is 37.0 Å². The summed E-state index contributed by atoms with van der Waals surface area (Å²) < 4.78 is 27.4. The van der Waals surface area contributed by atoms with Crippen LogP contribution >= 0.6 is 22.9 Å². The molecule has 1 aliphatic heterocycles. The summed E-state index contributed by atoms with van der Waals surface area (Å²) >= 11 is 7.35. The molecule has 7 nitrogen and oxygen atoms in total. The first kappa shape index (κ1) is 21.3. The first-order chi connectivity index (χ1) is 14.3. The van der Waals surface area contributed by atoms with E-state index in [4.69, 9.17) is 11.6 Å². The van der Waals surface area contributed by atoms with Crippen LogP contribution in [0.15, 0.2) is 35.2 Å². The second-order valence-corrected chi connectivity index (χ2v) is 10.9. The number of halogens is 1. The number of benzene rings is 1. The number of sulfonamides is 1. The summed E-state index contributed by atoms with van der Waals surface area (Å²) in [4.78, 5) is 24.9. The third kappa shape index (κ3) is 4.69. The fourth-order valence-electron chi connectivity index (χ4n) is 3.31. The van der Waals surface area contributed by atoms with Gasteiger partial charge in [0.05, 0.1) is 14.9 Å². The van der Waals surface area contributed by atoms with Crippen molar-refractivity contribution in [3.8, 4) is 0 Å². The smallest absolute Gasteiger partial charge is 0.265 e. The SMILES string of the molecule is O=C(Nc1ccc(Cl)c(S(=O)(=O)N2CCCCC2)c1)c1ccc(NC(=O)C2CC2)s1. The van der Waals surface area contributed by atoms with E-state index in [-0.39, 0.29) is 27.7 Å². The topological polar surface area (TPSA) is 95.6 Å². The number of amides is 2. The molecule has 4 rings (SSSR count). The van der Waals surface area contributed by atoms with Crippen LogP contribution in [0.25, 0.3) is 0 Å². The van der Waals surface area contributed by atoms with Crippen LogP contribution in [0.2, 0.25) is 5.02 Å². The summed E-state index contributed by atoms with van der Waals surface area (Å²) in [7, 11) is -3.72. The van der Waals surface area contributed by atoms with Crippen LogP contribution in [-0.2, 0) is 14.8 Å². The third-order valence-corrected chi connectivity index (χ3v) is 8.53. The number of piperidine rings is 1. The summed E-state index contributed by atoms with van der Waals surface area (Å²) in [6.07, 6.45) is 4.48. The van der Waals surface area contributed by atoms with E-state index in [1.807, 2.05) is 0 Å². The van der Waals surface area contributed by atoms with Crippen molar-refractivity contribution in [2.75, 3.05) is 23.7 Å². The van der Waals surface area contributed by atoms with Gasteiger partial charge >= 0.3 is 0 Å². The monoisotopic (exact) mass is 467 g/mol. The second-order valence-electron chi connectivity index (χ2n) is 7.49. The molecule has 2 fully saturated rings. The van der Waals surface area contributed by atoms with Gasteiger partial charge in [-0.15, -0.1) is 11.3 Å². The van der Waals surface area contributed by atoms with Gasteiger partial charge in [-0.05, 0) is 56.0 Å². The highest BCUT2D eigenvalue weighted by Crippen LogP contribution is 2.32. The van der Waals surface area contributed by atoms with Gasteiger partial charge in [0.25, 0.3) is 5.91 Å². The molecular formula is C20H22ClN3O4S2. The first-order valence-corrected chi connectivity index (χ1v) is 12.5. The van der Waals surface area contributed by atoms with Crippen molar-refractivity contribution in [3.63, 3.8) is 0 Å². The second kappa shape index (κ2) is 8.66. The van der Waals surface area contributed by atoms with Gasteiger partial charge in [-0.2, -0.15) is 4.31 Å². The predicted molar refractivity (Wildman–Crippen MR) is 118 cm³/mol. The van der Waals surface area contributed by atoms with E-state index in [1.54, 1.807) is 18.2 Å². The number of carbonyl (C=O) groups is 2. The van der Waals surface area contributed by atoms with Crippen LogP contribution in [0.4, 0.5) is 10.7 Å². The molecule has 0 bridgehead atoms. The Morgan fingerprint density at radius 2 is 1.77 bits per heavy atom. The maximum atomic E-state index is 13.0. The highest BCUT2D eigenvalue weighted by molar-refractivity contribution is 7.89. The minimum Gasteiger partial charge on any atom is -0.321 e. The number of hydrogen-bond donors (Lipinski definition) is 2. The third-order valence-electron chi connectivity index (χ3n) is 5.15. The molecule has 0 radical (unpaired) electrons. The van der Waals surface area contributed by atoms with Crippen molar-refractivity contribution in [3.05, 3.63) is 40.2 Å². The fourth-order valence-corrected chi connectivity index (χ4v) is 6.13. The molecule has 1 saturated heterocycles. The van der Waals surface area contributed by atoms with Crippen LogP contribution in [-0.4, -0.2) is 37.6 Å². The highest BCUT2D eigenvalue weighted by Gasteiger charge is 2.30. The molecule has 0 unspecified atom stereocenters. The Kier molecular flexibility index (Phi) is 6.15. The Balaban J connectivity index is 1.48. The lowest BCUT2D eigenvalue weighted by molar-refractivity contribution is -0.117. The zero-order chi connectivity index (χ0) is 21.3. The lowest BCUT2D eigenvalue weighted by atomic mass is 10.2. The van der Waals surface area contributed by atoms with E-state index in [9.17, 15) is 18.0 Å². The minimum atomic E-state index is -3.72. The Morgan fingerprint density at radius 1 is 1.03 bits per heavy atom. The Bertz CT molecular complexity index is 1070. The zero-order valence-electron chi connectivity index (χ0n) is 16.2. The summed E-state index contributed by atoms with van der Waals surface area (Å²) in [5.74, 6) is -0.316. The Morgan fingerprint density at radius 3 is 2.47 bits per heavy atom. The van der Waals surface area contributed by atoms with Crippen LogP contribution < -0.4 is 10.6 Å². The number of nitrogens with one attached hydrogen (secondary N) is 2. The minimum absolute atomic E-state index is 0.00701. The molecule has 1 aliphatic carbocycles. The number of anilines is 2. The average molecular weight is 468 g/mol. The zero-order valence-corrected chi connectivity index (χ0v) is 18.6. The molecule has 0 spiro atoms. The van der Waals surface area contributed by atoms with E-state index in [0.717, 1.165) is 32.1 Å². The van der Waals surface area contributed by atoms with E-state index < -0.39 is 10.0 Å². The maximum Gasteiger partial charge on any atom is 0.265 e. The van der Waals surface area contributed by atoms with Gasteiger partial charge in [0.15, 0.2) is 0 Å². The van der Waals surface area contributed by atoms with Gasteiger partial charge in [0.2, 0.25) is 15.9 Å². The molecule has 1 saturated carbocycles. The van der Waals surface area contributed by atoms with E-state index in [2.05, 4.69) is 10.6 Å². The van der Waals surface area contributed by atoms with E-state index >= 15 is 0 Å². The van der Waals surface area contributed by atoms with Gasteiger partial charge in [0.1, 0.15) is 4.90 Å². The van der Waals surface area contributed by atoms with Crippen LogP contribution in [0.5, 0.6) is 0 Å². The molecule has 1 aromatic carbocycles. The molecule has 2 aromatic rings. The van der Waals surface area contributed by atoms with E-state index in [0.29, 0.717) is 28.7 Å². The van der Waals surface area contributed by atoms with Crippen LogP contribution in [0.1, 0.15) is 41.8 Å². The molecular weight excluding hydrogens is 446 g/mol. The van der Waals surface area contributed by atoms with Gasteiger partial charge in [-0.1, -0.05) is 18.0 Å². The summed E-state index contributed by atoms with van der Waals surface area (Å²) in [6.45, 7) is 0.944. The van der Waals surface area contributed by atoms with Crippen LogP contribution in [0, 0.1) is 5.92 Å². The standard InChI is InChI=1S/C20H22ClN3O4S2/c21-15-7-6-14(12-17(15)30(27,28)24-10-2-1-3-11-24)22-20(26)16-8-9-18(29-16)23-19(25)13-4-5-13/h6-9,12-13H,1-5,10-11H2,(H,22,26)(H,23,25). The molecule has 1 aromatic heterocycles. The van der Waals surface area contributed by atoms with E-state index in [1.165, 1.54) is 27.8 Å². The average Bonchev–Trinajstić information content (AvgIpc) is 3.49. The molecule has 2 aliphatic rings. The Hall–Kier alpha value is -1.94. The van der Waals surface area contributed by atoms with Gasteiger partial charge in [-0.3, -0.25) is 9.59 Å². The number of nitrogens with zero attached hydrogens (tertiary/aromatic N) is 1. The number of carbonyl (C=O) groups excluding carboxylic acids is 2. The van der Waals surface area contributed by atoms with Gasteiger partial charge in [-0.25, -0.2) is 8.42 Å². The van der Waals surface area contributed by atoms with Crippen molar-refractivity contribution in [2.24, 2.45) is 5.92 Å². The predicted octanol–water partition coefficient (Wildman–Crippen LogP) is 4.18. The molecule has 2 amide bonds. The van der Waals surface area contributed by atoms with Crippen molar-refractivity contribution >= 4 is 55.5 Å². The number of hydrogen-bond acceptors (Lipinski definition) is 5. The molecule has 0 atom stereocenters. The van der Waals surface area contributed by atoms with Crippen molar-refractivity contribution < 1.29 is 18.0 Å². The number of thiophene rings is 1. The quantitative estimate of drug-likeness (QED) is 0.666. The summed E-state index contributed by atoms with van der Waals surface area (Å²) in [6, 6.07) is 7.76.